The number of nitrogens with zero attached hydrogens (tertiary/aromatic N) is 3. The fourth-order valence-electron chi connectivity index (χ4n) is 1.72. The largest absolute Gasteiger partial charge is 0.465 e. The lowest BCUT2D eigenvalue weighted by Crippen LogP contribution is -1.98. The second kappa shape index (κ2) is 4.64. The fourth-order valence-corrected chi connectivity index (χ4v) is 2.90. The standard InChI is InChI=1S/C12H8ClN3O2S/c1-18-11(17)9-10(13)15-12(19-9)16-8-5-3-2-4-7(8)6-14-16/h2-6H,1H3. The van der Waals surface area contributed by atoms with E-state index in [9.17, 15) is 4.79 Å². The summed E-state index contributed by atoms with van der Waals surface area (Å²) in [7, 11) is 1.31. The van der Waals surface area contributed by atoms with E-state index in [1.54, 1.807) is 10.9 Å². The van der Waals surface area contributed by atoms with Gasteiger partial charge in [-0.3, -0.25) is 0 Å². The van der Waals surface area contributed by atoms with Gasteiger partial charge in [-0.25, -0.2) is 14.5 Å². The van der Waals surface area contributed by atoms with Gasteiger partial charge in [-0.05, 0) is 6.07 Å². The minimum Gasteiger partial charge on any atom is -0.465 e. The van der Waals surface area contributed by atoms with Crippen LogP contribution in [-0.2, 0) is 4.74 Å². The molecule has 1 aromatic carbocycles. The number of fused-ring (bicyclic) bond motifs is 1. The third-order valence-electron chi connectivity index (χ3n) is 2.60. The highest BCUT2D eigenvalue weighted by Gasteiger charge is 2.19. The number of hydrogen-bond donors (Lipinski definition) is 0. The molecule has 3 rings (SSSR count). The Morgan fingerprint density at radius 3 is 3.00 bits per heavy atom. The van der Waals surface area contributed by atoms with Gasteiger partial charge in [0.15, 0.2) is 10.0 Å². The van der Waals surface area contributed by atoms with E-state index in [0.717, 1.165) is 22.2 Å². The highest BCUT2D eigenvalue weighted by atomic mass is 35.5. The Labute approximate surface area is 117 Å². The Bertz CT molecular complexity index is 765. The number of hydrogen-bond acceptors (Lipinski definition) is 5. The lowest BCUT2D eigenvalue weighted by atomic mass is 10.3. The van der Waals surface area contributed by atoms with Crippen LogP contribution in [0, 0.1) is 0 Å². The zero-order chi connectivity index (χ0) is 13.4. The Morgan fingerprint density at radius 2 is 2.21 bits per heavy atom. The lowest BCUT2D eigenvalue weighted by molar-refractivity contribution is 0.0606. The van der Waals surface area contributed by atoms with Crippen molar-refractivity contribution in [3.05, 3.63) is 40.5 Å². The van der Waals surface area contributed by atoms with Gasteiger partial charge >= 0.3 is 5.97 Å². The molecular formula is C12H8ClN3O2S. The van der Waals surface area contributed by atoms with Crippen molar-refractivity contribution >= 4 is 39.8 Å². The minimum absolute atomic E-state index is 0.131. The van der Waals surface area contributed by atoms with Crippen molar-refractivity contribution in [1.29, 1.82) is 0 Å². The first-order chi connectivity index (χ1) is 9.20. The summed E-state index contributed by atoms with van der Waals surface area (Å²) in [5.41, 5.74) is 0.907. The van der Waals surface area contributed by atoms with E-state index in [1.165, 1.54) is 7.11 Å². The monoisotopic (exact) mass is 293 g/mol. The van der Waals surface area contributed by atoms with E-state index in [2.05, 4.69) is 14.8 Å². The normalized spacial score (nSPS) is 10.8. The number of carbonyl (C=O) groups excluding carboxylic acids is 1. The number of carbonyl (C=O) groups is 1. The molecule has 7 heteroatoms. The first kappa shape index (κ1) is 12.1. The Balaban J connectivity index is 2.15. The van der Waals surface area contributed by atoms with E-state index in [1.807, 2.05) is 24.3 Å². The predicted molar refractivity (Wildman–Crippen MR) is 73.1 cm³/mol. The first-order valence-electron chi connectivity index (χ1n) is 5.38. The molecule has 2 heterocycles. The van der Waals surface area contributed by atoms with E-state index >= 15 is 0 Å². The molecule has 0 unspecified atom stereocenters. The number of aromatic nitrogens is 3. The molecule has 0 aliphatic carbocycles. The molecule has 2 aromatic heterocycles. The number of methoxy groups -OCH3 is 1. The molecule has 0 amide bonds. The first-order valence-corrected chi connectivity index (χ1v) is 6.58. The average Bonchev–Trinajstić information content (AvgIpc) is 3.01. The number of para-hydroxylation sites is 1. The van der Waals surface area contributed by atoms with Crippen LogP contribution >= 0.6 is 22.9 Å². The summed E-state index contributed by atoms with van der Waals surface area (Å²) in [5.74, 6) is -0.495. The van der Waals surface area contributed by atoms with Crippen molar-refractivity contribution in [2.45, 2.75) is 0 Å². The molecule has 0 aliphatic heterocycles. The Kier molecular flexibility index (Phi) is 2.96. The number of rotatable bonds is 2. The molecule has 96 valence electrons. The van der Waals surface area contributed by atoms with Gasteiger partial charge in [0.05, 0.1) is 18.8 Å². The van der Waals surface area contributed by atoms with Gasteiger partial charge in [-0.1, -0.05) is 41.1 Å². The Hall–Kier alpha value is -1.92. The van der Waals surface area contributed by atoms with E-state index < -0.39 is 5.97 Å². The smallest absolute Gasteiger partial charge is 0.351 e. The number of halogens is 1. The molecule has 0 N–H and O–H groups in total. The average molecular weight is 294 g/mol. The Morgan fingerprint density at radius 1 is 1.42 bits per heavy atom. The maximum absolute atomic E-state index is 11.5. The molecule has 0 fully saturated rings. The maximum Gasteiger partial charge on any atom is 0.351 e. The van der Waals surface area contributed by atoms with Crippen LogP contribution in [0.5, 0.6) is 0 Å². The topological polar surface area (TPSA) is 57.0 Å². The summed E-state index contributed by atoms with van der Waals surface area (Å²) < 4.78 is 6.30. The van der Waals surface area contributed by atoms with Gasteiger partial charge in [0, 0.05) is 5.39 Å². The summed E-state index contributed by atoms with van der Waals surface area (Å²) in [4.78, 5) is 15.9. The van der Waals surface area contributed by atoms with Crippen molar-refractivity contribution in [2.24, 2.45) is 0 Å². The molecule has 0 atom stereocenters. The SMILES string of the molecule is COC(=O)c1sc(-n2ncc3ccccc32)nc1Cl. The molecule has 0 bridgehead atoms. The van der Waals surface area contributed by atoms with E-state index in [0.29, 0.717) is 5.13 Å². The van der Waals surface area contributed by atoms with Crippen LogP contribution in [0.25, 0.3) is 16.0 Å². The molecule has 0 saturated carbocycles. The van der Waals surface area contributed by atoms with Gasteiger partial charge in [-0.15, -0.1) is 0 Å². The van der Waals surface area contributed by atoms with Crippen molar-refractivity contribution in [3.63, 3.8) is 0 Å². The lowest BCUT2D eigenvalue weighted by Gasteiger charge is -1.96. The van der Waals surface area contributed by atoms with E-state index in [4.69, 9.17) is 11.6 Å². The molecule has 3 aromatic rings. The maximum atomic E-state index is 11.5. The molecule has 0 aliphatic rings. The highest BCUT2D eigenvalue weighted by molar-refractivity contribution is 7.16. The second-order valence-electron chi connectivity index (χ2n) is 3.72. The van der Waals surface area contributed by atoms with Crippen molar-refractivity contribution in [2.75, 3.05) is 7.11 Å². The number of ether oxygens (including phenoxy) is 1. The van der Waals surface area contributed by atoms with Crippen molar-refractivity contribution in [3.8, 4) is 5.13 Å². The van der Waals surface area contributed by atoms with Gasteiger partial charge in [-0.2, -0.15) is 5.10 Å². The molecule has 19 heavy (non-hydrogen) atoms. The number of thiazole rings is 1. The quantitative estimate of drug-likeness (QED) is 0.682. The summed E-state index contributed by atoms with van der Waals surface area (Å²) >= 11 is 7.09. The third-order valence-corrected chi connectivity index (χ3v) is 4.00. The second-order valence-corrected chi connectivity index (χ2v) is 5.06. The van der Waals surface area contributed by atoms with Crippen LogP contribution in [0.4, 0.5) is 0 Å². The zero-order valence-electron chi connectivity index (χ0n) is 9.83. The fraction of sp³-hybridized carbons (Fsp3) is 0.0833. The summed E-state index contributed by atoms with van der Waals surface area (Å²) in [6.45, 7) is 0. The zero-order valence-corrected chi connectivity index (χ0v) is 11.4. The summed E-state index contributed by atoms with van der Waals surface area (Å²) in [6.07, 6.45) is 1.74. The van der Waals surface area contributed by atoms with Crippen molar-refractivity contribution < 1.29 is 9.53 Å². The van der Waals surface area contributed by atoms with Crippen LogP contribution in [0.1, 0.15) is 9.67 Å². The van der Waals surface area contributed by atoms with Crippen LogP contribution in [0.2, 0.25) is 5.15 Å². The molecule has 5 nitrogen and oxygen atoms in total. The van der Waals surface area contributed by atoms with Gasteiger partial charge in [0.2, 0.25) is 5.13 Å². The van der Waals surface area contributed by atoms with Crippen LogP contribution in [-0.4, -0.2) is 27.8 Å². The summed E-state index contributed by atoms with van der Waals surface area (Å²) in [6, 6.07) is 7.73. The van der Waals surface area contributed by atoms with E-state index in [-0.39, 0.29) is 10.0 Å². The minimum atomic E-state index is -0.495. The molecule has 0 saturated heterocycles. The third kappa shape index (κ3) is 1.98. The van der Waals surface area contributed by atoms with Crippen LogP contribution in [0.15, 0.2) is 30.5 Å². The molecule has 0 spiro atoms. The van der Waals surface area contributed by atoms with Gasteiger partial charge in [0.25, 0.3) is 0 Å². The molecule has 0 radical (unpaired) electrons. The molecular weight excluding hydrogens is 286 g/mol. The van der Waals surface area contributed by atoms with Crippen molar-refractivity contribution in [1.82, 2.24) is 14.8 Å². The predicted octanol–water partition coefficient (Wildman–Crippen LogP) is 2.92. The van der Waals surface area contributed by atoms with Crippen LogP contribution < -0.4 is 0 Å². The summed E-state index contributed by atoms with van der Waals surface area (Å²) in [5, 5.41) is 5.92. The number of benzene rings is 1. The number of esters is 1. The highest BCUT2D eigenvalue weighted by Crippen LogP contribution is 2.28. The van der Waals surface area contributed by atoms with Gasteiger partial charge < -0.3 is 4.74 Å². The van der Waals surface area contributed by atoms with Gasteiger partial charge in [0.1, 0.15) is 0 Å². The van der Waals surface area contributed by atoms with Crippen LogP contribution in [0.3, 0.4) is 0 Å².